The third kappa shape index (κ3) is 11.9. The largest absolute Gasteiger partial charge is 0.444 e. The third-order valence-electron chi connectivity index (χ3n) is 10.3. The monoisotopic (exact) mass is 640 g/mol. The van der Waals surface area contributed by atoms with E-state index in [1.54, 1.807) is 0 Å². The fourth-order valence-corrected chi connectivity index (χ4v) is 7.37. The third-order valence-corrected chi connectivity index (χ3v) is 10.3. The van der Waals surface area contributed by atoms with E-state index in [0.29, 0.717) is 36.1 Å². The molecule has 0 heterocycles. The van der Waals surface area contributed by atoms with Crippen LogP contribution in [0.4, 0.5) is 4.79 Å². The summed E-state index contributed by atoms with van der Waals surface area (Å²) < 4.78 is 5.36. The topological polar surface area (TPSA) is 88.4 Å². The number of hydrogen-bond donors (Lipinski definition) is 4. The molecule has 0 radical (unpaired) electrons. The number of carbonyl (C=O) groups excluding carboxylic acids is 1. The van der Waals surface area contributed by atoms with Gasteiger partial charge in [-0.15, -0.1) is 0 Å². The van der Waals surface area contributed by atoms with Gasteiger partial charge in [-0.25, -0.2) is 4.79 Å². The molecular formula is C41H60N4O2. The first-order valence-corrected chi connectivity index (χ1v) is 18.3. The van der Waals surface area contributed by atoms with E-state index in [2.05, 4.69) is 103 Å². The van der Waals surface area contributed by atoms with E-state index >= 15 is 0 Å². The molecule has 2 aromatic rings. The average Bonchev–Trinajstić information content (AvgIpc) is 3.96. The maximum Gasteiger partial charge on any atom is 0.407 e. The van der Waals surface area contributed by atoms with Crippen LogP contribution in [0.25, 0.3) is 12.2 Å². The molecule has 6 rings (SSSR count). The van der Waals surface area contributed by atoms with Crippen molar-refractivity contribution in [2.24, 2.45) is 17.6 Å². The van der Waals surface area contributed by atoms with Gasteiger partial charge < -0.3 is 26.4 Å². The van der Waals surface area contributed by atoms with E-state index in [1.165, 1.54) is 60.8 Å². The van der Waals surface area contributed by atoms with Gasteiger partial charge in [0.1, 0.15) is 5.60 Å². The molecule has 0 spiro atoms. The maximum atomic E-state index is 11.9. The minimum absolute atomic E-state index is 0.243. The van der Waals surface area contributed by atoms with Gasteiger partial charge in [0.15, 0.2) is 0 Å². The molecule has 47 heavy (non-hydrogen) atoms. The van der Waals surface area contributed by atoms with E-state index in [-0.39, 0.29) is 12.1 Å². The molecule has 0 bridgehead atoms. The maximum absolute atomic E-state index is 11.9. The summed E-state index contributed by atoms with van der Waals surface area (Å²) in [5.41, 5.74) is 11.1. The molecule has 0 aromatic heterocycles. The summed E-state index contributed by atoms with van der Waals surface area (Å²) in [6.07, 6.45) is 16.1. The van der Waals surface area contributed by atoms with Crippen molar-refractivity contribution in [2.75, 3.05) is 0 Å². The fraction of sp³-hybridized carbons (Fsp3) is 0.585. The van der Waals surface area contributed by atoms with Crippen molar-refractivity contribution < 1.29 is 9.53 Å². The first kappa shape index (κ1) is 35.4. The molecule has 4 fully saturated rings. The Balaban J connectivity index is 0.000000193. The molecule has 4 aliphatic rings. The summed E-state index contributed by atoms with van der Waals surface area (Å²) in [7, 11) is 0. The van der Waals surface area contributed by atoms with E-state index in [0.717, 1.165) is 31.6 Å². The first-order valence-electron chi connectivity index (χ1n) is 18.3. The smallest absolute Gasteiger partial charge is 0.407 e. The Morgan fingerprint density at radius 1 is 0.681 bits per heavy atom. The minimum atomic E-state index is -0.436. The molecule has 1 amide bonds. The van der Waals surface area contributed by atoms with Crippen LogP contribution >= 0.6 is 0 Å². The van der Waals surface area contributed by atoms with Crippen LogP contribution in [-0.4, -0.2) is 47.9 Å². The number of ether oxygens (including phenoxy) is 1. The lowest BCUT2D eigenvalue weighted by atomic mass is 9.91. The molecule has 0 saturated heterocycles. The quantitative estimate of drug-likeness (QED) is 0.222. The van der Waals surface area contributed by atoms with Crippen molar-refractivity contribution in [2.45, 2.75) is 141 Å². The lowest BCUT2D eigenvalue weighted by Crippen LogP contribution is -2.44. The second-order valence-corrected chi connectivity index (χ2v) is 15.6. The molecule has 6 nitrogen and oxygen atoms in total. The molecular weight excluding hydrogens is 580 g/mol. The van der Waals surface area contributed by atoms with Gasteiger partial charge in [0.2, 0.25) is 0 Å². The van der Waals surface area contributed by atoms with Gasteiger partial charge in [-0.1, -0.05) is 84.0 Å². The Morgan fingerprint density at radius 3 is 1.51 bits per heavy atom. The van der Waals surface area contributed by atoms with Crippen molar-refractivity contribution in [1.29, 1.82) is 0 Å². The van der Waals surface area contributed by atoms with Crippen LogP contribution in [0, 0.1) is 11.8 Å². The Morgan fingerprint density at radius 2 is 1.09 bits per heavy atom. The van der Waals surface area contributed by atoms with Crippen LogP contribution in [0.2, 0.25) is 0 Å². The standard InChI is InChI=1S/C23H34N2O2.C18H26N2/c1-16(14-17-8-6-5-7-9-17)20-15-21(20)24-18-10-12-19(13-11-18)25-22(26)27-23(2,3)4;1-13(11-14-5-3-2-4-6-14)17-12-18(17)20-16-9-7-15(19)8-10-16/h5-9,14,18-21,24H,10-13,15H2,1-4H3,(H,25,26);2-6,11,15-18,20H,7-10,12,19H2,1H3/b16-14+;13-11+. The van der Waals surface area contributed by atoms with Crippen LogP contribution in [0.1, 0.15) is 110 Å². The lowest BCUT2D eigenvalue weighted by Gasteiger charge is -2.30. The number of hydrogen-bond acceptors (Lipinski definition) is 5. The summed E-state index contributed by atoms with van der Waals surface area (Å²) >= 11 is 0. The van der Waals surface area contributed by atoms with Gasteiger partial charge in [0.05, 0.1) is 0 Å². The lowest BCUT2D eigenvalue weighted by molar-refractivity contribution is 0.0489. The van der Waals surface area contributed by atoms with Crippen molar-refractivity contribution >= 4 is 18.2 Å². The summed E-state index contributed by atoms with van der Waals surface area (Å²) in [6.45, 7) is 10.2. The number of benzene rings is 2. The Labute approximate surface area is 284 Å². The summed E-state index contributed by atoms with van der Waals surface area (Å²) in [5.74, 6) is 1.41. The zero-order valence-electron chi connectivity index (χ0n) is 29.5. The van der Waals surface area contributed by atoms with Gasteiger partial charge in [-0.05, 0) is 122 Å². The van der Waals surface area contributed by atoms with Crippen molar-refractivity contribution in [3.8, 4) is 0 Å². The summed E-state index contributed by atoms with van der Waals surface area (Å²) in [4.78, 5) is 11.9. The molecule has 4 saturated carbocycles. The highest BCUT2D eigenvalue weighted by Gasteiger charge is 2.40. The van der Waals surface area contributed by atoms with Crippen LogP contribution < -0.4 is 21.7 Å². The highest BCUT2D eigenvalue weighted by molar-refractivity contribution is 5.68. The predicted octanol–water partition coefficient (Wildman–Crippen LogP) is 8.24. The molecule has 2 aromatic carbocycles. The van der Waals surface area contributed by atoms with Gasteiger partial charge >= 0.3 is 6.09 Å². The predicted molar refractivity (Wildman–Crippen MR) is 196 cm³/mol. The first-order chi connectivity index (χ1) is 22.5. The molecule has 256 valence electrons. The molecule has 5 N–H and O–H groups in total. The van der Waals surface area contributed by atoms with Crippen LogP contribution in [-0.2, 0) is 4.74 Å². The van der Waals surface area contributed by atoms with Crippen molar-refractivity contribution in [3.63, 3.8) is 0 Å². The summed E-state index contributed by atoms with van der Waals surface area (Å²) in [5, 5.41) is 10.7. The van der Waals surface area contributed by atoms with Gasteiger partial charge in [0.25, 0.3) is 0 Å². The minimum Gasteiger partial charge on any atom is -0.444 e. The second-order valence-electron chi connectivity index (χ2n) is 15.6. The average molecular weight is 641 g/mol. The van der Waals surface area contributed by atoms with Crippen LogP contribution in [0.3, 0.4) is 0 Å². The number of alkyl carbamates (subject to hydrolysis) is 1. The zero-order valence-corrected chi connectivity index (χ0v) is 29.5. The number of amides is 1. The molecule has 4 unspecified atom stereocenters. The van der Waals surface area contributed by atoms with E-state index in [4.69, 9.17) is 10.5 Å². The van der Waals surface area contributed by atoms with E-state index in [9.17, 15) is 4.79 Å². The van der Waals surface area contributed by atoms with Gasteiger partial charge in [-0.2, -0.15) is 0 Å². The van der Waals surface area contributed by atoms with Gasteiger partial charge in [-0.3, -0.25) is 0 Å². The van der Waals surface area contributed by atoms with Crippen LogP contribution in [0.15, 0.2) is 71.8 Å². The second kappa shape index (κ2) is 16.5. The fourth-order valence-electron chi connectivity index (χ4n) is 7.37. The SMILES string of the molecule is C/C(=C\c1ccccc1)C1CC1NC1CCC(N)CC1.C/C(=C\c1ccccc1)C1CC1NC1CCC(NC(=O)OC(C)(C)C)CC1. The Bertz CT molecular complexity index is 1320. The molecule has 4 aliphatic carbocycles. The Kier molecular flexibility index (Phi) is 12.4. The Hall–Kier alpha value is -2.93. The number of nitrogens with one attached hydrogen (secondary N) is 3. The summed E-state index contributed by atoms with van der Waals surface area (Å²) in [6, 6.07) is 24.5. The number of nitrogens with two attached hydrogens (primary N) is 1. The normalized spacial score (nSPS) is 30.9. The van der Waals surface area contributed by atoms with Crippen LogP contribution in [0.5, 0.6) is 0 Å². The van der Waals surface area contributed by atoms with Gasteiger partial charge in [0, 0.05) is 36.3 Å². The number of rotatable bonds is 9. The zero-order chi connectivity index (χ0) is 33.4. The molecule has 4 atom stereocenters. The van der Waals surface area contributed by atoms with Crippen molar-refractivity contribution in [3.05, 3.63) is 82.9 Å². The van der Waals surface area contributed by atoms with Crippen molar-refractivity contribution in [1.82, 2.24) is 16.0 Å². The highest BCUT2D eigenvalue weighted by Crippen LogP contribution is 2.40. The van der Waals surface area contributed by atoms with E-state index in [1.807, 2.05) is 20.8 Å². The highest BCUT2D eigenvalue weighted by atomic mass is 16.6. The molecule has 6 heteroatoms. The molecule has 0 aliphatic heterocycles. The number of carbonyl (C=O) groups is 1. The van der Waals surface area contributed by atoms with E-state index < -0.39 is 5.60 Å².